The molecule has 1 N–H and O–H groups in total. The molecule has 2 heterocycles. The fourth-order valence-corrected chi connectivity index (χ4v) is 11.2. The Labute approximate surface area is 231 Å². The van der Waals surface area contributed by atoms with Crippen molar-refractivity contribution in [1.82, 2.24) is 4.90 Å². The third kappa shape index (κ3) is 4.48. The van der Waals surface area contributed by atoms with Crippen molar-refractivity contribution >= 4 is 5.97 Å². The maximum absolute atomic E-state index is 12.5. The van der Waals surface area contributed by atoms with Crippen LogP contribution in [0.4, 0.5) is 0 Å². The van der Waals surface area contributed by atoms with Crippen LogP contribution in [-0.2, 0) is 14.3 Å². The molecular formula is C32H55N2O4+. The van der Waals surface area contributed by atoms with Crippen LogP contribution >= 0.6 is 0 Å². The van der Waals surface area contributed by atoms with Crippen LogP contribution in [0.2, 0.25) is 0 Å². The molecule has 5 unspecified atom stereocenters. The molecule has 0 aromatic rings. The molecule has 4 aliphatic carbocycles. The van der Waals surface area contributed by atoms with Crippen LogP contribution in [0.15, 0.2) is 0 Å². The molecule has 4 saturated carbocycles. The number of aliphatic hydroxyl groups excluding tert-OH is 1. The number of hydrogen-bond donors (Lipinski definition) is 1. The Kier molecular flexibility index (Phi) is 7.45. The van der Waals surface area contributed by atoms with Crippen molar-refractivity contribution in [1.29, 1.82) is 0 Å². The summed E-state index contributed by atoms with van der Waals surface area (Å²) in [6, 6.07) is 0.712. The molecule has 0 bridgehead atoms. The number of likely N-dealkylation sites (N-methyl/N-ethyl adjacent to an activating group) is 1. The van der Waals surface area contributed by atoms with Gasteiger partial charge in [0.25, 0.3) is 0 Å². The summed E-state index contributed by atoms with van der Waals surface area (Å²) in [6.07, 6.45) is 13.5. The van der Waals surface area contributed by atoms with Crippen LogP contribution in [-0.4, -0.2) is 91.2 Å². The zero-order valence-corrected chi connectivity index (χ0v) is 24.7. The van der Waals surface area contributed by atoms with E-state index in [1.165, 1.54) is 70.9 Å². The third-order valence-electron chi connectivity index (χ3n) is 13.3. The van der Waals surface area contributed by atoms with E-state index in [4.69, 9.17) is 9.47 Å². The Bertz CT molecular complexity index is 868. The SMILES string of the molecule is CC(=O)OC1C([N+]2(C)CCCCCC2)C[C@H]2[C@@H]3CCC4CC(O)C(N5CCOCC5)C[C@]4(C)[C@@H]3CC[C@]12C. The maximum Gasteiger partial charge on any atom is 0.303 e. The molecule has 10 atom stereocenters. The number of quaternary nitrogens is 1. The Balaban J connectivity index is 1.29. The minimum atomic E-state index is -0.201. The van der Waals surface area contributed by atoms with Crippen LogP contribution in [0.25, 0.3) is 0 Å². The monoisotopic (exact) mass is 531 g/mol. The molecule has 6 aliphatic rings. The van der Waals surface area contributed by atoms with Gasteiger partial charge in [-0.3, -0.25) is 9.69 Å². The number of carbonyl (C=O) groups excluding carboxylic acids is 1. The molecule has 0 aromatic heterocycles. The van der Waals surface area contributed by atoms with Gasteiger partial charge < -0.3 is 19.1 Å². The number of likely N-dealkylation sites (tertiary alicyclic amines) is 1. The predicted octanol–water partition coefficient (Wildman–Crippen LogP) is 4.63. The molecule has 6 nitrogen and oxygen atoms in total. The maximum atomic E-state index is 12.5. The molecule has 6 rings (SSSR count). The molecule has 0 radical (unpaired) electrons. The van der Waals surface area contributed by atoms with Gasteiger partial charge in [0.05, 0.1) is 39.5 Å². The van der Waals surface area contributed by atoms with Gasteiger partial charge in [-0.2, -0.15) is 0 Å². The summed E-state index contributed by atoms with van der Waals surface area (Å²) >= 11 is 0. The third-order valence-corrected chi connectivity index (χ3v) is 13.3. The fourth-order valence-electron chi connectivity index (χ4n) is 11.2. The van der Waals surface area contributed by atoms with E-state index in [0.717, 1.165) is 55.5 Å². The minimum Gasteiger partial charge on any atom is -0.456 e. The van der Waals surface area contributed by atoms with Crippen molar-refractivity contribution < 1.29 is 23.9 Å². The molecule has 216 valence electrons. The average molecular weight is 532 g/mol. The first-order valence-corrected chi connectivity index (χ1v) is 16.2. The highest BCUT2D eigenvalue weighted by atomic mass is 16.5. The number of hydrogen-bond acceptors (Lipinski definition) is 5. The van der Waals surface area contributed by atoms with Gasteiger partial charge in [-0.25, -0.2) is 0 Å². The molecule has 0 aromatic carbocycles. The lowest BCUT2D eigenvalue weighted by Crippen LogP contribution is -2.61. The molecule has 38 heavy (non-hydrogen) atoms. The van der Waals surface area contributed by atoms with E-state index in [2.05, 4.69) is 25.8 Å². The van der Waals surface area contributed by atoms with Gasteiger partial charge >= 0.3 is 5.97 Å². The second kappa shape index (κ2) is 10.3. The van der Waals surface area contributed by atoms with Crippen LogP contribution in [0, 0.1) is 34.5 Å². The normalized spacial score (nSPS) is 49.3. The van der Waals surface area contributed by atoms with Crippen molar-refractivity contribution in [3.63, 3.8) is 0 Å². The van der Waals surface area contributed by atoms with Crippen molar-refractivity contribution in [3.05, 3.63) is 0 Å². The zero-order valence-electron chi connectivity index (χ0n) is 24.7. The number of morpholine rings is 1. The lowest BCUT2D eigenvalue weighted by molar-refractivity contribution is -0.935. The van der Waals surface area contributed by atoms with Gasteiger partial charge in [0.15, 0.2) is 6.10 Å². The number of fused-ring (bicyclic) bond motifs is 5. The smallest absolute Gasteiger partial charge is 0.303 e. The van der Waals surface area contributed by atoms with Crippen molar-refractivity contribution in [2.75, 3.05) is 46.4 Å². The number of rotatable bonds is 3. The number of aliphatic hydroxyl groups is 1. The number of ether oxygens (including phenoxy) is 2. The van der Waals surface area contributed by atoms with Gasteiger partial charge in [0.2, 0.25) is 0 Å². The van der Waals surface area contributed by atoms with E-state index in [0.29, 0.717) is 23.3 Å². The van der Waals surface area contributed by atoms with Gasteiger partial charge in [-0.15, -0.1) is 0 Å². The molecule has 2 aliphatic heterocycles. The summed E-state index contributed by atoms with van der Waals surface area (Å²) < 4.78 is 13.1. The molecule has 0 spiro atoms. The Morgan fingerprint density at radius 1 is 0.974 bits per heavy atom. The van der Waals surface area contributed by atoms with Crippen LogP contribution in [0.5, 0.6) is 0 Å². The first-order chi connectivity index (χ1) is 18.2. The highest BCUT2D eigenvalue weighted by Gasteiger charge is 2.67. The van der Waals surface area contributed by atoms with Crippen molar-refractivity contribution in [2.24, 2.45) is 34.5 Å². The second-order valence-corrected chi connectivity index (χ2v) is 15.1. The average Bonchev–Trinajstić information content (AvgIpc) is 3.02. The fraction of sp³-hybridized carbons (Fsp3) is 0.969. The molecule has 0 amide bonds. The summed E-state index contributed by atoms with van der Waals surface area (Å²) in [5.41, 5.74) is 0.384. The largest absolute Gasteiger partial charge is 0.456 e. The van der Waals surface area contributed by atoms with Crippen LogP contribution < -0.4 is 0 Å². The van der Waals surface area contributed by atoms with Gasteiger partial charge in [0, 0.05) is 37.9 Å². The topological polar surface area (TPSA) is 59.0 Å². The first-order valence-electron chi connectivity index (χ1n) is 16.2. The van der Waals surface area contributed by atoms with E-state index in [1.807, 2.05) is 0 Å². The molecular weight excluding hydrogens is 476 g/mol. The van der Waals surface area contributed by atoms with Crippen molar-refractivity contribution in [3.8, 4) is 0 Å². The van der Waals surface area contributed by atoms with E-state index in [9.17, 15) is 9.90 Å². The Hall–Kier alpha value is -0.690. The Morgan fingerprint density at radius 3 is 2.37 bits per heavy atom. The minimum absolute atomic E-state index is 0.0499. The predicted molar refractivity (Wildman–Crippen MR) is 148 cm³/mol. The lowest BCUT2D eigenvalue weighted by Gasteiger charge is -2.62. The standard InChI is InChI=1S/C32H55N2O4/c1-22(35)38-30-28(34(4)15-7-5-6-8-16-34)20-26-24-10-9-23-19-29(36)27(33-13-17-37-18-14-33)21-32(23,3)25(24)11-12-31(26,30)2/h23-30,36H,5-21H2,1-4H3/q+1/t23?,24-,25-,26+,27?,28?,29?,30?,31+,32+/m1/s1. The lowest BCUT2D eigenvalue weighted by atomic mass is 9.44. The van der Waals surface area contributed by atoms with E-state index in [1.54, 1.807) is 6.92 Å². The highest BCUT2D eigenvalue weighted by Crippen LogP contribution is 2.67. The van der Waals surface area contributed by atoms with Crippen LogP contribution in [0.1, 0.15) is 91.4 Å². The van der Waals surface area contributed by atoms with E-state index in [-0.39, 0.29) is 29.6 Å². The Morgan fingerprint density at radius 2 is 1.68 bits per heavy atom. The summed E-state index contributed by atoms with van der Waals surface area (Å²) in [6.45, 7) is 12.7. The van der Waals surface area contributed by atoms with Crippen molar-refractivity contribution in [2.45, 2.75) is 116 Å². The van der Waals surface area contributed by atoms with Gasteiger partial charge in [-0.05, 0) is 93.3 Å². The van der Waals surface area contributed by atoms with E-state index >= 15 is 0 Å². The summed E-state index contributed by atoms with van der Waals surface area (Å²) in [4.78, 5) is 15.0. The summed E-state index contributed by atoms with van der Waals surface area (Å²) in [5.74, 6) is 2.63. The number of esters is 1. The molecule has 6 fully saturated rings. The number of carbonyl (C=O) groups is 1. The van der Waals surface area contributed by atoms with Gasteiger partial charge in [0.1, 0.15) is 6.04 Å². The molecule has 2 saturated heterocycles. The summed E-state index contributed by atoms with van der Waals surface area (Å²) in [5, 5.41) is 11.3. The first kappa shape index (κ1) is 27.5. The highest BCUT2D eigenvalue weighted by molar-refractivity contribution is 5.66. The second-order valence-electron chi connectivity index (χ2n) is 15.1. The van der Waals surface area contributed by atoms with Crippen LogP contribution in [0.3, 0.4) is 0 Å². The number of nitrogens with zero attached hydrogens (tertiary/aromatic N) is 2. The quantitative estimate of drug-likeness (QED) is 0.425. The zero-order chi connectivity index (χ0) is 26.7. The molecule has 6 heteroatoms. The summed E-state index contributed by atoms with van der Waals surface area (Å²) in [7, 11) is 2.48. The van der Waals surface area contributed by atoms with Gasteiger partial charge in [-0.1, -0.05) is 13.8 Å². The van der Waals surface area contributed by atoms with E-state index < -0.39 is 0 Å².